The highest BCUT2D eigenvalue weighted by molar-refractivity contribution is 6.13. The molecule has 1 aliphatic rings. The van der Waals surface area contributed by atoms with E-state index in [0.717, 1.165) is 19.4 Å². The fourth-order valence-electron chi connectivity index (χ4n) is 4.28. The van der Waals surface area contributed by atoms with E-state index in [1.165, 1.54) is 12.3 Å². The number of ether oxygens (including phenoxy) is 1. The van der Waals surface area contributed by atoms with Crippen LogP contribution in [0.2, 0.25) is 0 Å². The zero-order chi connectivity index (χ0) is 28.2. The number of nitrogens with zero attached hydrogens (tertiary/aromatic N) is 4. The highest BCUT2D eigenvalue weighted by Gasteiger charge is 2.29. The minimum absolute atomic E-state index is 0.0808. The van der Waals surface area contributed by atoms with Crippen molar-refractivity contribution in [2.24, 2.45) is 28.1 Å². The number of hydrogen-bond acceptors (Lipinski definition) is 10. The second-order valence-corrected chi connectivity index (χ2v) is 9.41. The van der Waals surface area contributed by atoms with Crippen LogP contribution in [-0.4, -0.2) is 64.8 Å². The molecule has 1 aromatic rings. The van der Waals surface area contributed by atoms with Crippen LogP contribution in [0.4, 0.5) is 5.82 Å². The minimum Gasteiger partial charge on any atom is -0.476 e. The third-order valence-corrected chi connectivity index (χ3v) is 6.52. The lowest BCUT2D eigenvalue weighted by atomic mass is 9.86. The van der Waals surface area contributed by atoms with E-state index in [1.54, 1.807) is 13.0 Å². The van der Waals surface area contributed by atoms with Gasteiger partial charge in [0, 0.05) is 30.3 Å². The first kappa shape index (κ1) is 30.6. The van der Waals surface area contributed by atoms with Gasteiger partial charge in [-0.1, -0.05) is 33.6 Å². The molecule has 0 saturated carbocycles. The molecule has 0 aliphatic carbocycles. The second-order valence-electron chi connectivity index (χ2n) is 9.41. The number of ketones is 2. The quantitative estimate of drug-likeness (QED) is 0.175. The number of nitrogens with two attached hydrogens (primary N) is 3. The minimum atomic E-state index is -0.775. The molecule has 0 spiro atoms. The first-order valence-corrected chi connectivity index (χ1v) is 13.2. The molecule has 0 aromatic carbocycles. The summed E-state index contributed by atoms with van der Waals surface area (Å²) in [6.07, 6.45) is 7.09. The van der Waals surface area contributed by atoms with Crippen LogP contribution in [0.5, 0.6) is 5.88 Å². The number of Topliss-reactive ketones (excluding diaryl/α,β-unsaturated/α-hetero) is 2. The van der Waals surface area contributed by atoms with E-state index in [4.69, 9.17) is 21.9 Å². The van der Waals surface area contributed by atoms with Gasteiger partial charge in [0.1, 0.15) is 12.4 Å². The van der Waals surface area contributed by atoms with Crippen LogP contribution in [-0.2, 0) is 14.4 Å². The van der Waals surface area contributed by atoms with E-state index < -0.39 is 11.8 Å². The van der Waals surface area contributed by atoms with Gasteiger partial charge in [-0.3, -0.25) is 14.4 Å². The van der Waals surface area contributed by atoms with Crippen molar-refractivity contribution in [2.75, 3.05) is 20.2 Å². The summed E-state index contributed by atoms with van der Waals surface area (Å²) in [7, 11) is 2.05. The summed E-state index contributed by atoms with van der Waals surface area (Å²) in [5, 5.41) is 0. The third-order valence-electron chi connectivity index (χ3n) is 6.52. The summed E-state index contributed by atoms with van der Waals surface area (Å²) in [6, 6.07) is 1.79. The SMILES string of the molecule is CCC/C(C(=O)[C@@H](CCC)C(=O)CC)=C(/N)c1nc(/N=C/C=C(\N)C(N)=O)cc(OC[C@@H]2CCCN2C)n1. The van der Waals surface area contributed by atoms with Crippen LogP contribution in [0.1, 0.15) is 71.5 Å². The van der Waals surface area contributed by atoms with Gasteiger partial charge < -0.3 is 26.8 Å². The predicted octanol–water partition coefficient (Wildman–Crippen LogP) is 2.41. The smallest absolute Gasteiger partial charge is 0.264 e. The molecule has 0 radical (unpaired) electrons. The number of likely N-dealkylation sites (N-methyl/N-ethyl adjacent to an activating group) is 1. The zero-order valence-electron chi connectivity index (χ0n) is 22.9. The summed E-state index contributed by atoms with van der Waals surface area (Å²) in [5.41, 5.74) is 17.5. The third kappa shape index (κ3) is 8.47. The summed E-state index contributed by atoms with van der Waals surface area (Å²) in [5.74, 6) is -1.40. The van der Waals surface area contributed by atoms with Crippen molar-refractivity contribution in [3.63, 3.8) is 0 Å². The molecule has 11 nitrogen and oxygen atoms in total. The molecule has 1 saturated heterocycles. The van der Waals surface area contributed by atoms with E-state index in [-0.39, 0.29) is 52.9 Å². The number of carbonyl (C=O) groups is 3. The van der Waals surface area contributed by atoms with E-state index >= 15 is 0 Å². The normalized spacial score (nSPS) is 17.9. The molecule has 0 unspecified atom stereocenters. The first-order valence-electron chi connectivity index (χ1n) is 13.2. The van der Waals surface area contributed by atoms with Crippen molar-refractivity contribution >= 4 is 35.2 Å². The van der Waals surface area contributed by atoms with Gasteiger partial charge in [-0.2, -0.15) is 4.98 Å². The number of carbonyl (C=O) groups excluding carboxylic acids is 3. The molecule has 38 heavy (non-hydrogen) atoms. The monoisotopic (exact) mass is 527 g/mol. The maximum absolute atomic E-state index is 13.5. The van der Waals surface area contributed by atoms with Gasteiger partial charge in [0.2, 0.25) is 5.88 Å². The molecular weight excluding hydrogens is 486 g/mol. The zero-order valence-corrected chi connectivity index (χ0v) is 22.9. The lowest BCUT2D eigenvalue weighted by Gasteiger charge is -2.20. The average molecular weight is 528 g/mol. The maximum atomic E-state index is 13.5. The number of likely N-dealkylation sites (tertiary alicyclic amines) is 1. The molecule has 2 rings (SSSR count). The molecule has 2 atom stereocenters. The number of allylic oxidation sites excluding steroid dienone is 2. The molecule has 1 amide bonds. The van der Waals surface area contributed by atoms with Crippen molar-refractivity contribution in [1.29, 1.82) is 0 Å². The van der Waals surface area contributed by atoms with Crippen molar-refractivity contribution in [2.45, 2.75) is 71.8 Å². The van der Waals surface area contributed by atoms with Gasteiger partial charge in [-0.05, 0) is 45.4 Å². The van der Waals surface area contributed by atoms with Crippen molar-refractivity contribution in [3.05, 3.63) is 29.2 Å². The predicted molar refractivity (Wildman–Crippen MR) is 148 cm³/mol. The molecule has 6 N–H and O–H groups in total. The fourth-order valence-corrected chi connectivity index (χ4v) is 4.28. The lowest BCUT2D eigenvalue weighted by molar-refractivity contribution is -0.131. The van der Waals surface area contributed by atoms with E-state index in [9.17, 15) is 14.4 Å². The Morgan fingerprint density at radius 1 is 1.18 bits per heavy atom. The molecular formula is C27H41N7O4. The van der Waals surface area contributed by atoms with E-state index in [0.29, 0.717) is 37.9 Å². The Morgan fingerprint density at radius 2 is 1.92 bits per heavy atom. The number of aliphatic imine (C=N–C) groups is 1. The second kappa shape index (κ2) is 15.0. The molecule has 11 heteroatoms. The Labute approximate surface area is 224 Å². The molecule has 1 fully saturated rings. The van der Waals surface area contributed by atoms with Crippen LogP contribution in [0, 0.1) is 5.92 Å². The molecule has 1 aliphatic heterocycles. The number of amides is 1. The van der Waals surface area contributed by atoms with Crippen LogP contribution in [0.25, 0.3) is 5.70 Å². The first-order chi connectivity index (χ1) is 18.1. The maximum Gasteiger partial charge on any atom is 0.264 e. The van der Waals surface area contributed by atoms with Gasteiger partial charge in [0.15, 0.2) is 17.4 Å². The van der Waals surface area contributed by atoms with Gasteiger partial charge in [-0.15, -0.1) is 0 Å². The van der Waals surface area contributed by atoms with Crippen LogP contribution >= 0.6 is 0 Å². The van der Waals surface area contributed by atoms with Crippen LogP contribution < -0.4 is 21.9 Å². The van der Waals surface area contributed by atoms with Crippen molar-refractivity contribution in [1.82, 2.24) is 14.9 Å². The molecule has 0 bridgehead atoms. The average Bonchev–Trinajstić information content (AvgIpc) is 3.32. The van der Waals surface area contributed by atoms with Crippen LogP contribution in [0.3, 0.4) is 0 Å². The van der Waals surface area contributed by atoms with Gasteiger partial charge in [-0.25, -0.2) is 9.98 Å². The Kier molecular flexibility index (Phi) is 12.1. The number of primary amides is 1. The highest BCUT2D eigenvalue weighted by atomic mass is 16.5. The van der Waals surface area contributed by atoms with Crippen molar-refractivity contribution < 1.29 is 19.1 Å². The lowest BCUT2D eigenvalue weighted by Crippen LogP contribution is -2.30. The van der Waals surface area contributed by atoms with E-state index in [1.807, 2.05) is 20.9 Å². The van der Waals surface area contributed by atoms with Crippen molar-refractivity contribution in [3.8, 4) is 5.88 Å². The number of aromatic nitrogens is 2. The summed E-state index contributed by atoms with van der Waals surface area (Å²) in [6.45, 7) is 7.03. The highest BCUT2D eigenvalue weighted by Crippen LogP contribution is 2.26. The van der Waals surface area contributed by atoms with Gasteiger partial charge in [0.05, 0.1) is 17.3 Å². The number of rotatable bonds is 15. The largest absolute Gasteiger partial charge is 0.476 e. The Balaban J connectivity index is 2.53. The molecule has 2 heterocycles. The van der Waals surface area contributed by atoms with E-state index in [2.05, 4.69) is 19.9 Å². The molecule has 208 valence electrons. The fraction of sp³-hybridized carbons (Fsp3) is 0.556. The summed E-state index contributed by atoms with van der Waals surface area (Å²) >= 11 is 0. The van der Waals surface area contributed by atoms with Crippen LogP contribution in [0.15, 0.2) is 28.4 Å². The standard InChI is InChI=1S/C27H41N7O4/c1-5-9-18(21(35)7-3)25(36)19(10-6-2)24(29)27-32-22(31-13-12-20(28)26(30)37)15-23(33-27)38-16-17-11-8-14-34(17)4/h12-13,15,17-18H,5-11,14,16,28-29H2,1-4H3,(H2,30,37)/b20-12-,24-19-,31-13+/t17-,18-/m0/s1. The Morgan fingerprint density at radius 3 is 2.50 bits per heavy atom. The van der Waals surface area contributed by atoms with Gasteiger partial charge in [0.25, 0.3) is 5.91 Å². The van der Waals surface area contributed by atoms with Gasteiger partial charge >= 0.3 is 0 Å². The Hall–Kier alpha value is -3.60. The molecule has 1 aromatic heterocycles. The number of hydrogen-bond donors (Lipinski definition) is 3. The topological polar surface area (TPSA) is 180 Å². The summed E-state index contributed by atoms with van der Waals surface area (Å²) < 4.78 is 6.00. The summed E-state index contributed by atoms with van der Waals surface area (Å²) in [4.78, 5) is 52.6. The Bertz CT molecular complexity index is 1100.